The summed E-state index contributed by atoms with van der Waals surface area (Å²) >= 11 is 0. The zero-order chi connectivity index (χ0) is 17.2. The zero-order valence-electron chi connectivity index (χ0n) is 12.8. The fourth-order valence-electron chi connectivity index (χ4n) is 2.70. The van der Waals surface area contributed by atoms with Crippen LogP contribution in [0.3, 0.4) is 0 Å². The summed E-state index contributed by atoms with van der Waals surface area (Å²) in [5, 5.41) is 9.82. The van der Waals surface area contributed by atoms with E-state index in [-0.39, 0.29) is 12.2 Å². The van der Waals surface area contributed by atoms with Crippen molar-refractivity contribution in [2.75, 3.05) is 23.3 Å². The maximum atomic E-state index is 13.0. The lowest BCUT2D eigenvalue weighted by Crippen LogP contribution is -2.24. The molecule has 2 heterocycles. The normalized spacial score (nSPS) is 14.9. The van der Waals surface area contributed by atoms with E-state index in [0.717, 1.165) is 38.1 Å². The summed E-state index contributed by atoms with van der Waals surface area (Å²) in [7, 11) is 0. The number of hydrogen-bond acceptors (Lipinski definition) is 4. The molecule has 0 radical (unpaired) electrons. The summed E-state index contributed by atoms with van der Waals surface area (Å²) in [6.07, 6.45) is 0.427. The first-order valence-corrected chi connectivity index (χ1v) is 7.53. The molecule has 128 valence electrons. The molecule has 1 N–H and O–H groups in total. The number of carbonyl (C=O) groups is 1. The molecule has 1 amide bonds. The highest BCUT2D eigenvalue weighted by atomic mass is 19.4. The second kappa shape index (κ2) is 6.50. The monoisotopic (exact) mass is 339 g/mol. The number of halogens is 3. The Balaban J connectivity index is 1.85. The van der Waals surface area contributed by atoms with Gasteiger partial charge in [-0.2, -0.15) is 13.2 Å². The van der Waals surface area contributed by atoms with E-state index in [9.17, 15) is 18.0 Å². The van der Waals surface area contributed by atoms with Crippen LogP contribution in [0.5, 0.6) is 0 Å². The second-order valence-corrected chi connectivity index (χ2v) is 5.57. The summed E-state index contributed by atoms with van der Waals surface area (Å²) in [6, 6.07) is 3.44. The van der Waals surface area contributed by atoms with Gasteiger partial charge in [-0.05, 0) is 31.0 Å². The van der Waals surface area contributed by atoms with Gasteiger partial charge in [-0.25, -0.2) is 4.68 Å². The molecule has 0 unspecified atom stereocenters. The van der Waals surface area contributed by atoms with Gasteiger partial charge in [0.1, 0.15) is 6.54 Å². The predicted molar refractivity (Wildman–Crippen MR) is 81.5 cm³/mol. The molecule has 0 atom stereocenters. The summed E-state index contributed by atoms with van der Waals surface area (Å²) in [4.78, 5) is 14.1. The number of aromatic nitrogens is 3. The average molecular weight is 339 g/mol. The quantitative estimate of drug-likeness (QED) is 0.930. The highest BCUT2D eigenvalue weighted by Crippen LogP contribution is 2.36. The van der Waals surface area contributed by atoms with E-state index in [1.165, 1.54) is 23.1 Å². The average Bonchev–Trinajstić information content (AvgIpc) is 3.19. The molecule has 24 heavy (non-hydrogen) atoms. The van der Waals surface area contributed by atoms with Crippen molar-refractivity contribution in [1.82, 2.24) is 15.0 Å². The molecule has 1 saturated heterocycles. The number of nitrogens with zero attached hydrogens (tertiary/aromatic N) is 4. The lowest BCUT2D eigenvalue weighted by Gasteiger charge is -2.23. The smallest absolute Gasteiger partial charge is 0.370 e. The van der Waals surface area contributed by atoms with E-state index in [2.05, 4.69) is 15.6 Å². The van der Waals surface area contributed by atoms with Crippen LogP contribution in [0.25, 0.3) is 0 Å². The second-order valence-electron chi connectivity index (χ2n) is 5.57. The lowest BCUT2D eigenvalue weighted by molar-refractivity contribution is -0.137. The van der Waals surface area contributed by atoms with Crippen LogP contribution >= 0.6 is 0 Å². The van der Waals surface area contributed by atoms with Crippen molar-refractivity contribution in [3.63, 3.8) is 0 Å². The van der Waals surface area contributed by atoms with E-state index < -0.39 is 17.6 Å². The van der Waals surface area contributed by atoms with Crippen LogP contribution in [-0.2, 0) is 17.5 Å². The Kier molecular flexibility index (Phi) is 4.41. The Bertz CT molecular complexity index is 708. The van der Waals surface area contributed by atoms with Crippen molar-refractivity contribution < 1.29 is 18.0 Å². The van der Waals surface area contributed by atoms with Crippen LogP contribution in [0, 0.1) is 0 Å². The Morgan fingerprint density at radius 2 is 2.00 bits per heavy atom. The largest absolute Gasteiger partial charge is 0.416 e. The Morgan fingerprint density at radius 1 is 1.25 bits per heavy atom. The van der Waals surface area contributed by atoms with Gasteiger partial charge < -0.3 is 10.2 Å². The molecule has 9 heteroatoms. The molecular weight excluding hydrogens is 323 g/mol. The van der Waals surface area contributed by atoms with E-state index in [1.54, 1.807) is 0 Å². The first-order chi connectivity index (χ1) is 11.4. The Hall–Kier alpha value is -2.58. The zero-order valence-corrected chi connectivity index (χ0v) is 12.8. The molecule has 1 aromatic carbocycles. The number of anilines is 2. The van der Waals surface area contributed by atoms with Crippen LogP contribution in [0.4, 0.5) is 24.5 Å². The molecule has 6 nitrogen and oxygen atoms in total. The summed E-state index contributed by atoms with van der Waals surface area (Å²) in [5.74, 6) is -0.458. The van der Waals surface area contributed by atoms with Crippen molar-refractivity contribution in [1.29, 1.82) is 0 Å². The van der Waals surface area contributed by atoms with Crippen LogP contribution in [0.15, 0.2) is 30.6 Å². The third-order valence-electron chi connectivity index (χ3n) is 3.82. The number of rotatable bonds is 4. The van der Waals surface area contributed by atoms with Gasteiger partial charge in [0.25, 0.3) is 0 Å². The van der Waals surface area contributed by atoms with Crippen molar-refractivity contribution >= 4 is 17.3 Å². The topological polar surface area (TPSA) is 63.1 Å². The number of amides is 1. The first kappa shape index (κ1) is 16.3. The fraction of sp³-hybridized carbons (Fsp3) is 0.400. The van der Waals surface area contributed by atoms with Gasteiger partial charge in [-0.1, -0.05) is 5.21 Å². The van der Waals surface area contributed by atoms with Crippen molar-refractivity contribution in [3.05, 3.63) is 36.2 Å². The Morgan fingerprint density at radius 3 is 2.62 bits per heavy atom. The van der Waals surface area contributed by atoms with Gasteiger partial charge in [-0.3, -0.25) is 4.79 Å². The van der Waals surface area contributed by atoms with Crippen LogP contribution in [0.2, 0.25) is 0 Å². The summed E-state index contributed by atoms with van der Waals surface area (Å²) < 4.78 is 40.2. The highest BCUT2D eigenvalue weighted by molar-refractivity contribution is 5.94. The van der Waals surface area contributed by atoms with E-state index in [4.69, 9.17) is 0 Å². The van der Waals surface area contributed by atoms with E-state index in [0.29, 0.717) is 5.69 Å². The van der Waals surface area contributed by atoms with Crippen molar-refractivity contribution in [2.24, 2.45) is 0 Å². The Labute approximate surface area is 136 Å². The third-order valence-corrected chi connectivity index (χ3v) is 3.82. The predicted octanol–water partition coefficient (Wildman–Crippen LogP) is 2.54. The fourth-order valence-corrected chi connectivity index (χ4v) is 2.70. The van der Waals surface area contributed by atoms with Gasteiger partial charge in [0, 0.05) is 19.3 Å². The van der Waals surface area contributed by atoms with Crippen LogP contribution in [-0.4, -0.2) is 34.0 Å². The third kappa shape index (κ3) is 3.66. The van der Waals surface area contributed by atoms with Crippen molar-refractivity contribution in [2.45, 2.75) is 25.6 Å². The van der Waals surface area contributed by atoms with Gasteiger partial charge in [0.05, 0.1) is 23.1 Å². The molecule has 2 aromatic rings. The molecule has 0 saturated carbocycles. The van der Waals surface area contributed by atoms with Crippen molar-refractivity contribution in [3.8, 4) is 0 Å². The van der Waals surface area contributed by atoms with Gasteiger partial charge in [0.15, 0.2) is 0 Å². The SMILES string of the molecule is O=C(Cn1ccnn1)Nc1cc(C(F)(F)F)ccc1N1CCCC1. The maximum absolute atomic E-state index is 13.0. The molecule has 1 aliphatic heterocycles. The molecule has 0 bridgehead atoms. The molecule has 3 rings (SSSR count). The van der Waals surface area contributed by atoms with E-state index in [1.807, 2.05) is 4.90 Å². The number of benzene rings is 1. The number of carbonyl (C=O) groups excluding carboxylic acids is 1. The number of alkyl halides is 3. The lowest BCUT2D eigenvalue weighted by atomic mass is 10.1. The number of nitrogens with one attached hydrogen (secondary N) is 1. The standard InChI is InChI=1S/C15H16F3N5O/c16-15(17,18)11-3-4-13(22-6-1-2-7-22)12(9-11)20-14(24)10-23-8-5-19-21-23/h3-5,8-9H,1-2,6-7,10H2,(H,20,24). The first-order valence-electron chi connectivity index (χ1n) is 7.53. The molecule has 0 aliphatic carbocycles. The summed E-state index contributed by atoms with van der Waals surface area (Å²) in [6.45, 7) is 1.41. The molecule has 1 aromatic heterocycles. The minimum absolute atomic E-state index is 0.115. The maximum Gasteiger partial charge on any atom is 0.416 e. The number of hydrogen-bond donors (Lipinski definition) is 1. The minimum Gasteiger partial charge on any atom is -0.370 e. The molecule has 1 fully saturated rings. The highest BCUT2D eigenvalue weighted by Gasteiger charge is 2.32. The van der Waals surface area contributed by atoms with Gasteiger partial charge in [0.2, 0.25) is 5.91 Å². The van der Waals surface area contributed by atoms with Crippen LogP contribution < -0.4 is 10.2 Å². The van der Waals surface area contributed by atoms with E-state index >= 15 is 0 Å². The van der Waals surface area contributed by atoms with Gasteiger partial charge in [-0.15, -0.1) is 5.10 Å². The molecular formula is C15H16F3N5O. The molecule has 0 spiro atoms. The minimum atomic E-state index is -4.46. The van der Waals surface area contributed by atoms with Gasteiger partial charge >= 0.3 is 6.18 Å². The molecule has 1 aliphatic rings. The van der Waals surface area contributed by atoms with Crippen LogP contribution in [0.1, 0.15) is 18.4 Å². The summed E-state index contributed by atoms with van der Waals surface area (Å²) in [5.41, 5.74) is -0.0224.